The third kappa shape index (κ3) is 3.61. The monoisotopic (exact) mass is 330 g/mol. The number of benzene rings is 1. The van der Waals surface area contributed by atoms with Crippen LogP contribution < -0.4 is 5.32 Å². The van der Waals surface area contributed by atoms with Gasteiger partial charge in [-0.1, -0.05) is 24.3 Å². The summed E-state index contributed by atoms with van der Waals surface area (Å²) in [6.07, 6.45) is 3.36. The summed E-state index contributed by atoms with van der Waals surface area (Å²) in [4.78, 5) is 25.8. The molecule has 5 nitrogen and oxygen atoms in total. The molecule has 2 aliphatic rings. The number of hydrogen-bond donors (Lipinski definition) is 2. The van der Waals surface area contributed by atoms with Crippen LogP contribution in [0.1, 0.15) is 43.2 Å². The van der Waals surface area contributed by atoms with E-state index in [-0.39, 0.29) is 23.8 Å². The van der Waals surface area contributed by atoms with Gasteiger partial charge >= 0.3 is 0 Å². The highest BCUT2D eigenvalue weighted by molar-refractivity contribution is 5.87. The molecule has 24 heavy (non-hydrogen) atoms. The Morgan fingerprint density at radius 2 is 2.08 bits per heavy atom. The molecule has 0 aromatic heterocycles. The molecular formula is C19H26N2O3. The molecular weight excluding hydrogens is 304 g/mol. The molecule has 0 radical (unpaired) electrons. The van der Waals surface area contributed by atoms with Crippen molar-refractivity contribution < 1.29 is 14.7 Å². The maximum Gasteiger partial charge on any atom is 0.251 e. The van der Waals surface area contributed by atoms with E-state index in [2.05, 4.69) is 24.4 Å². The summed E-state index contributed by atoms with van der Waals surface area (Å²) in [5.74, 6) is -0.458. The Morgan fingerprint density at radius 3 is 2.79 bits per heavy atom. The SMILES string of the molecule is Cc1ccccc1C1(CNC(=O)CN2CCCCC(O)C2=O)CC1. The van der Waals surface area contributed by atoms with Crippen molar-refractivity contribution in [2.45, 2.75) is 50.5 Å². The van der Waals surface area contributed by atoms with Gasteiger partial charge in [-0.2, -0.15) is 0 Å². The van der Waals surface area contributed by atoms with E-state index >= 15 is 0 Å². The number of nitrogens with one attached hydrogen (secondary N) is 1. The number of amides is 2. The Bertz CT molecular complexity index is 625. The van der Waals surface area contributed by atoms with E-state index in [0.717, 1.165) is 25.7 Å². The van der Waals surface area contributed by atoms with Gasteiger partial charge in [0.2, 0.25) is 5.91 Å². The van der Waals surface area contributed by atoms with Crippen molar-refractivity contribution in [3.8, 4) is 0 Å². The first-order chi connectivity index (χ1) is 11.5. The van der Waals surface area contributed by atoms with E-state index in [1.807, 2.05) is 12.1 Å². The number of aliphatic hydroxyl groups is 1. The topological polar surface area (TPSA) is 69.6 Å². The second kappa shape index (κ2) is 6.93. The number of aliphatic hydroxyl groups excluding tert-OH is 1. The molecule has 1 atom stereocenters. The third-order valence-electron chi connectivity index (χ3n) is 5.28. The summed E-state index contributed by atoms with van der Waals surface area (Å²) in [6.45, 7) is 3.31. The zero-order valence-electron chi connectivity index (χ0n) is 14.3. The van der Waals surface area contributed by atoms with Crippen LogP contribution in [0.4, 0.5) is 0 Å². The molecule has 5 heteroatoms. The molecule has 1 unspecified atom stereocenters. The van der Waals surface area contributed by atoms with Gasteiger partial charge < -0.3 is 15.3 Å². The number of nitrogens with zero attached hydrogens (tertiary/aromatic N) is 1. The van der Waals surface area contributed by atoms with E-state index in [9.17, 15) is 14.7 Å². The molecule has 2 N–H and O–H groups in total. The van der Waals surface area contributed by atoms with Crippen LogP contribution in [-0.4, -0.2) is 47.6 Å². The Morgan fingerprint density at radius 1 is 1.33 bits per heavy atom. The number of likely N-dealkylation sites (tertiary alicyclic amines) is 1. The van der Waals surface area contributed by atoms with Crippen molar-refractivity contribution in [1.82, 2.24) is 10.2 Å². The predicted octanol–water partition coefficient (Wildman–Crippen LogP) is 1.52. The highest BCUT2D eigenvalue weighted by atomic mass is 16.3. The first-order valence-electron chi connectivity index (χ1n) is 8.81. The molecule has 1 saturated carbocycles. The van der Waals surface area contributed by atoms with Crippen molar-refractivity contribution in [2.75, 3.05) is 19.6 Å². The molecule has 1 aliphatic carbocycles. The highest BCUT2D eigenvalue weighted by Crippen LogP contribution is 2.48. The zero-order valence-corrected chi connectivity index (χ0v) is 14.3. The number of rotatable bonds is 5. The number of carbonyl (C=O) groups excluding carboxylic acids is 2. The highest BCUT2D eigenvalue weighted by Gasteiger charge is 2.45. The number of hydrogen-bond acceptors (Lipinski definition) is 3. The van der Waals surface area contributed by atoms with Crippen molar-refractivity contribution in [2.24, 2.45) is 0 Å². The molecule has 1 aliphatic heterocycles. The lowest BCUT2D eigenvalue weighted by Crippen LogP contribution is -2.45. The van der Waals surface area contributed by atoms with Crippen LogP contribution >= 0.6 is 0 Å². The Kier molecular flexibility index (Phi) is 4.90. The maximum atomic E-state index is 12.3. The van der Waals surface area contributed by atoms with Gasteiger partial charge in [-0.05, 0) is 50.2 Å². The fourth-order valence-corrected chi connectivity index (χ4v) is 3.60. The summed E-state index contributed by atoms with van der Waals surface area (Å²) < 4.78 is 0. The zero-order chi connectivity index (χ0) is 17.2. The summed E-state index contributed by atoms with van der Waals surface area (Å²) in [6, 6.07) is 8.32. The molecule has 2 amide bonds. The lowest BCUT2D eigenvalue weighted by atomic mass is 9.92. The van der Waals surface area contributed by atoms with Gasteiger partial charge in [0.05, 0.1) is 6.54 Å². The van der Waals surface area contributed by atoms with Gasteiger partial charge in [0.25, 0.3) is 5.91 Å². The standard InChI is InChI=1S/C19H26N2O3/c1-14-6-2-3-7-15(14)19(9-10-19)13-20-17(23)12-21-11-5-4-8-16(22)18(21)24/h2-3,6-7,16,22H,4-5,8-13H2,1H3,(H,20,23). The minimum atomic E-state index is -0.956. The molecule has 1 heterocycles. The first-order valence-corrected chi connectivity index (χ1v) is 8.81. The predicted molar refractivity (Wildman–Crippen MR) is 91.5 cm³/mol. The van der Waals surface area contributed by atoms with Crippen LogP contribution in [-0.2, 0) is 15.0 Å². The summed E-state index contributed by atoms with van der Waals surface area (Å²) in [5, 5.41) is 12.8. The first kappa shape index (κ1) is 17.0. The van der Waals surface area contributed by atoms with Crippen LogP contribution in [0.5, 0.6) is 0 Å². The van der Waals surface area contributed by atoms with Crippen molar-refractivity contribution >= 4 is 11.8 Å². The molecule has 1 aromatic rings. The average Bonchev–Trinajstić information content (AvgIpc) is 3.37. The fourth-order valence-electron chi connectivity index (χ4n) is 3.60. The smallest absolute Gasteiger partial charge is 0.251 e. The van der Waals surface area contributed by atoms with Crippen LogP contribution in [0.25, 0.3) is 0 Å². The van der Waals surface area contributed by atoms with Crippen LogP contribution in [0.15, 0.2) is 24.3 Å². The molecule has 2 fully saturated rings. The van der Waals surface area contributed by atoms with E-state index in [4.69, 9.17) is 0 Å². The van der Waals surface area contributed by atoms with Crippen molar-refractivity contribution in [3.05, 3.63) is 35.4 Å². The third-order valence-corrected chi connectivity index (χ3v) is 5.28. The Hall–Kier alpha value is -1.88. The van der Waals surface area contributed by atoms with Gasteiger partial charge in [0, 0.05) is 18.5 Å². The van der Waals surface area contributed by atoms with E-state index in [1.54, 1.807) is 0 Å². The molecule has 1 saturated heterocycles. The van der Waals surface area contributed by atoms with E-state index in [0.29, 0.717) is 19.5 Å². The number of carbonyl (C=O) groups is 2. The van der Waals surface area contributed by atoms with Gasteiger partial charge in [0.1, 0.15) is 6.10 Å². The minimum Gasteiger partial charge on any atom is -0.383 e. The molecule has 1 aromatic carbocycles. The van der Waals surface area contributed by atoms with Gasteiger partial charge in [-0.3, -0.25) is 9.59 Å². The van der Waals surface area contributed by atoms with Crippen LogP contribution in [0, 0.1) is 6.92 Å². The molecule has 0 spiro atoms. The van der Waals surface area contributed by atoms with Crippen LogP contribution in [0.2, 0.25) is 0 Å². The Labute approximate surface area is 143 Å². The maximum absolute atomic E-state index is 12.3. The van der Waals surface area contributed by atoms with Crippen molar-refractivity contribution in [1.29, 1.82) is 0 Å². The minimum absolute atomic E-state index is 0.0414. The second-order valence-electron chi connectivity index (χ2n) is 7.14. The number of aryl methyl sites for hydroxylation is 1. The fraction of sp³-hybridized carbons (Fsp3) is 0.579. The average molecular weight is 330 g/mol. The second-order valence-corrected chi connectivity index (χ2v) is 7.14. The lowest BCUT2D eigenvalue weighted by molar-refractivity contribution is -0.142. The largest absolute Gasteiger partial charge is 0.383 e. The van der Waals surface area contributed by atoms with E-state index < -0.39 is 6.10 Å². The van der Waals surface area contributed by atoms with Gasteiger partial charge in [-0.15, -0.1) is 0 Å². The lowest BCUT2D eigenvalue weighted by Gasteiger charge is -2.23. The quantitative estimate of drug-likeness (QED) is 0.860. The van der Waals surface area contributed by atoms with Gasteiger partial charge in [-0.25, -0.2) is 0 Å². The molecule has 130 valence electrons. The molecule has 3 rings (SSSR count). The van der Waals surface area contributed by atoms with Gasteiger partial charge in [0.15, 0.2) is 0 Å². The normalized spacial score (nSPS) is 22.8. The summed E-state index contributed by atoms with van der Waals surface area (Å²) in [7, 11) is 0. The van der Waals surface area contributed by atoms with Crippen LogP contribution in [0.3, 0.4) is 0 Å². The Balaban J connectivity index is 1.56. The van der Waals surface area contributed by atoms with Crippen molar-refractivity contribution in [3.63, 3.8) is 0 Å². The summed E-state index contributed by atoms with van der Waals surface area (Å²) >= 11 is 0. The molecule has 0 bridgehead atoms. The van der Waals surface area contributed by atoms with E-state index in [1.165, 1.54) is 16.0 Å². The summed E-state index contributed by atoms with van der Waals surface area (Å²) in [5.41, 5.74) is 2.63.